The van der Waals surface area contributed by atoms with Crippen LogP contribution >= 0.6 is 11.6 Å². The quantitative estimate of drug-likeness (QED) is 0.530. The van der Waals surface area contributed by atoms with Crippen molar-refractivity contribution in [2.24, 2.45) is 5.73 Å². The van der Waals surface area contributed by atoms with Gasteiger partial charge in [0.1, 0.15) is 0 Å². The highest BCUT2D eigenvalue weighted by atomic mass is 35.5. The van der Waals surface area contributed by atoms with Gasteiger partial charge in [0.25, 0.3) is 0 Å². The lowest BCUT2D eigenvalue weighted by molar-refractivity contribution is -0.121. The summed E-state index contributed by atoms with van der Waals surface area (Å²) in [7, 11) is -3.72. The van der Waals surface area contributed by atoms with E-state index in [1.165, 1.54) is 10.4 Å². The highest BCUT2D eigenvalue weighted by Gasteiger charge is 2.28. The first-order valence-corrected chi connectivity index (χ1v) is 11.8. The molecule has 0 spiro atoms. The Hall–Kier alpha value is -2.66. The SMILES string of the molecule is NC(=O)N[C@@H](CC(=O)NCc1ccccc1S(=O)(=O)N1CCOCC1)c1ccccc1Cl. The number of primary amides is 1. The zero-order chi connectivity index (χ0) is 23.1. The average molecular weight is 481 g/mol. The third-order valence-corrected chi connectivity index (χ3v) is 7.37. The van der Waals surface area contributed by atoms with Crippen LogP contribution in [0, 0.1) is 0 Å². The molecule has 3 rings (SSSR count). The number of urea groups is 1. The van der Waals surface area contributed by atoms with E-state index in [2.05, 4.69) is 10.6 Å². The molecule has 1 heterocycles. The Labute approximate surface area is 191 Å². The number of sulfonamides is 1. The van der Waals surface area contributed by atoms with Gasteiger partial charge in [-0.1, -0.05) is 48.0 Å². The predicted octanol–water partition coefficient (Wildman–Crippen LogP) is 1.78. The summed E-state index contributed by atoms with van der Waals surface area (Å²) in [6, 6.07) is 11.8. The molecule has 1 aliphatic heterocycles. The summed E-state index contributed by atoms with van der Waals surface area (Å²) in [6.07, 6.45) is -0.120. The number of hydrogen-bond donors (Lipinski definition) is 3. The molecule has 0 radical (unpaired) electrons. The van der Waals surface area contributed by atoms with E-state index in [1.807, 2.05) is 0 Å². The van der Waals surface area contributed by atoms with Crippen LogP contribution in [-0.2, 0) is 26.1 Å². The fourth-order valence-electron chi connectivity index (χ4n) is 3.45. The van der Waals surface area contributed by atoms with Crippen LogP contribution in [0.5, 0.6) is 0 Å². The normalized spacial score (nSPS) is 15.7. The van der Waals surface area contributed by atoms with Crippen molar-refractivity contribution < 1.29 is 22.7 Å². The van der Waals surface area contributed by atoms with E-state index in [4.69, 9.17) is 22.1 Å². The molecule has 3 amide bonds. The second-order valence-corrected chi connectivity index (χ2v) is 9.50. The molecule has 1 atom stereocenters. The molecule has 1 fully saturated rings. The van der Waals surface area contributed by atoms with Crippen LogP contribution < -0.4 is 16.4 Å². The molecule has 11 heteroatoms. The van der Waals surface area contributed by atoms with Crippen LogP contribution in [-0.4, -0.2) is 51.0 Å². The molecule has 0 bridgehead atoms. The number of nitrogens with zero attached hydrogens (tertiary/aromatic N) is 1. The van der Waals surface area contributed by atoms with Crippen molar-refractivity contribution in [1.82, 2.24) is 14.9 Å². The van der Waals surface area contributed by atoms with E-state index >= 15 is 0 Å². The van der Waals surface area contributed by atoms with Crippen molar-refractivity contribution >= 4 is 33.6 Å². The lowest BCUT2D eigenvalue weighted by Crippen LogP contribution is -2.41. The zero-order valence-electron chi connectivity index (χ0n) is 17.3. The van der Waals surface area contributed by atoms with Gasteiger partial charge >= 0.3 is 6.03 Å². The number of morpholine rings is 1. The monoisotopic (exact) mass is 480 g/mol. The van der Waals surface area contributed by atoms with E-state index in [1.54, 1.807) is 42.5 Å². The minimum Gasteiger partial charge on any atom is -0.379 e. The molecule has 32 heavy (non-hydrogen) atoms. The number of halogens is 1. The molecule has 1 saturated heterocycles. The number of nitrogens with one attached hydrogen (secondary N) is 2. The molecule has 2 aromatic rings. The van der Waals surface area contributed by atoms with Gasteiger partial charge in [-0.25, -0.2) is 13.2 Å². The standard InChI is InChI=1S/C21H25ClN4O5S/c22-17-7-3-2-6-16(17)18(25-21(23)28)13-20(27)24-14-15-5-1-4-8-19(15)32(29,30)26-9-11-31-12-10-26/h1-8,18H,9-14H2,(H,24,27)(H3,23,25,28)/t18-/m0/s1. The summed E-state index contributed by atoms with van der Waals surface area (Å²) >= 11 is 6.20. The zero-order valence-corrected chi connectivity index (χ0v) is 18.9. The number of carbonyl (C=O) groups is 2. The molecular formula is C21H25ClN4O5S. The van der Waals surface area contributed by atoms with Crippen molar-refractivity contribution in [3.63, 3.8) is 0 Å². The summed E-state index contributed by atoms with van der Waals surface area (Å²) in [5.41, 5.74) is 6.27. The molecule has 2 aromatic carbocycles. The molecule has 9 nitrogen and oxygen atoms in total. The van der Waals surface area contributed by atoms with Gasteiger partial charge in [0, 0.05) is 24.7 Å². The highest BCUT2D eigenvalue weighted by Crippen LogP contribution is 2.25. The summed E-state index contributed by atoms with van der Waals surface area (Å²) in [4.78, 5) is 24.2. The molecule has 0 aliphatic carbocycles. The number of hydrogen-bond acceptors (Lipinski definition) is 5. The van der Waals surface area contributed by atoms with E-state index in [0.29, 0.717) is 29.4 Å². The lowest BCUT2D eigenvalue weighted by atomic mass is 10.0. The number of carbonyl (C=O) groups excluding carboxylic acids is 2. The van der Waals surface area contributed by atoms with E-state index < -0.39 is 28.0 Å². The number of rotatable bonds is 8. The second-order valence-electron chi connectivity index (χ2n) is 7.19. The van der Waals surface area contributed by atoms with Crippen LogP contribution in [0.3, 0.4) is 0 Å². The van der Waals surface area contributed by atoms with Gasteiger partial charge in [-0.2, -0.15) is 4.31 Å². The molecule has 0 saturated carbocycles. The van der Waals surface area contributed by atoms with Crippen LogP contribution in [0.4, 0.5) is 4.79 Å². The first-order chi connectivity index (χ1) is 15.3. The smallest absolute Gasteiger partial charge is 0.312 e. The first-order valence-electron chi connectivity index (χ1n) is 10.0. The van der Waals surface area contributed by atoms with Gasteiger partial charge in [-0.15, -0.1) is 0 Å². The molecule has 0 unspecified atom stereocenters. The minimum atomic E-state index is -3.72. The third kappa shape index (κ3) is 5.98. The lowest BCUT2D eigenvalue weighted by Gasteiger charge is -2.27. The van der Waals surface area contributed by atoms with Crippen LogP contribution in [0.25, 0.3) is 0 Å². The Morgan fingerprint density at radius 2 is 1.75 bits per heavy atom. The summed E-state index contributed by atoms with van der Waals surface area (Å²) in [6.45, 7) is 1.25. The number of amides is 3. The Balaban J connectivity index is 1.72. The largest absolute Gasteiger partial charge is 0.379 e. The molecule has 172 valence electrons. The van der Waals surface area contributed by atoms with Crippen molar-refractivity contribution in [1.29, 1.82) is 0 Å². The van der Waals surface area contributed by atoms with E-state index in [0.717, 1.165) is 0 Å². The first kappa shape index (κ1) is 24.0. The average Bonchev–Trinajstić information content (AvgIpc) is 2.78. The van der Waals surface area contributed by atoms with Crippen molar-refractivity contribution in [3.05, 3.63) is 64.7 Å². The topological polar surface area (TPSA) is 131 Å². The Bertz CT molecular complexity index is 1070. The fraction of sp³-hybridized carbons (Fsp3) is 0.333. The van der Waals surface area contributed by atoms with Gasteiger partial charge in [0.2, 0.25) is 15.9 Å². The number of ether oxygens (including phenoxy) is 1. The van der Waals surface area contributed by atoms with Gasteiger partial charge in [0.15, 0.2) is 0 Å². The van der Waals surface area contributed by atoms with Gasteiger partial charge in [0.05, 0.1) is 30.6 Å². The second kappa shape index (κ2) is 10.8. The van der Waals surface area contributed by atoms with Gasteiger partial charge < -0.3 is 21.1 Å². The Morgan fingerprint density at radius 1 is 1.09 bits per heavy atom. The summed E-state index contributed by atoms with van der Waals surface area (Å²) in [5.74, 6) is -0.401. The third-order valence-electron chi connectivity index (χ3n) is 5.02. The summed E-state index contributed by atoms with van der Waals surface area (Å²) < 4.78 is 32.7. The van der Waals surface area contributed by atoms with Gasteiger partial charge in [-0.05, 0) is 23.3 Å². The predicted molar refractivity (Wildman–Crippen MR) is 119 cm³/mol. The Morgan fingerprint density at radius 3 is 2.44 bits per heavy atom. The van der Waals surface area contributed by atoms with Crippen molar-refractivity contribution in [2.75, 3.05) is 26.3 Å². The van der Waals surface area contributed by atoms with E-state index in [-0.39, 0.29) is 31.0 Å². The molecule has 0 aromatic heterocycles. The molecular weight excluding hydrogens is 456 g/mol. The van der Waals surface area contributed by atoms with Crippen molar-refractivity contribution in [3.8, 4) is 0 Å². The minimum absolute atomic E-state index is 0.00436. The van der Waals surface area contributed by atoms with Crippen LogP contribution in [0.1, 0.15) is 23.6 Å². The maximum absolute atomic E-state index is 13.1. The fourth-order valence-corrected chi connectivity index (χ4v) is 5.34. The number of benzene rings is 2. The van der Waals surface area contributed by atoms with Crippen LogP contribution in [0.2, 0.25) is 5.02 Å². The molecule has 4 N–H and O–H groups in total. The highest BCUT2D eigenvalue weighted by molar-refractivity contribution is 7.89. The van der Waals surface area contributed by atoms with Crippen LogP contribution in [0.15, 0.2) is 53.4 Å². The Kier molecular flexibility index (Phi) is 8.08. The van der Waals surface area contributed by atoms with Gasteiger partial charge in [-0.3, -0.25) is 4.79 Å². The maximum atomic E-state index is 13.1. The summed E-state index contributed by atoms with van der Waals surface area (Å²) in [5, 5.41) is 5.64. The number of nitrogens with two attached hydrogens (primary N) is 1. The maximum Gasteiger partial charge on any atom is 0.312 e. The van der Waals surface area contributed by atoms with Crippen molar-refractivity contribution in [2.45, 2.75) is 23.9 Å². The molecule has 1 aliphatic rings. The van der Waals surface area contributed by atoms with E-state index in [9.17, 15) is 18.0 Å².